The molecule has 4 rings (SSSR count). The molecule has 0 aliphatic rings. The van der Waals surface area contributed by atoms with Crippen molar-refractivity contribution in [3.05, 3.63) is 65.2 Å². The fourth-order valence-electron chi connectivity index (χ4n) is 3.76. The number of hydrogen-bond acceptors (Lipinski definition) is 7. The highest BCUT2D eigenvalue weighted by molar-refractivity contribution is 8.13. The van der Waals surface area contributed by atoms with Crippen molar-refractivity contribution >= 4 is 44.0 Å². The van der Waals surface area contributed by atoms with E-state index >= 15 is 0 Å². The minimum Gasteiger partial charge on any atom is -0.384 e. The Hall–Kier alpha value is -3.07. The second-order valence-corrected chi connectivity index (χ2v) is 10.6. The zero-order valence-corrected chi connectivity index (χ0v) is 21.6. The van der Waals surface area contributed by atoms with Gasteiger partial charge >= 0.3 is 0 Å². The van der Waals surface area contributed by atoms with Gasteiger partial charge in [-0.05, 0) is 67.4 Å². The fraction of sp³-hybridized carbons (Fsp3) is 0.231. The zero-order valence-electron chi connectivity index (χ0n) is 19.9. The molecule has 0 saturated heterocycles. The Morgan fingerprint density at radius 1 is 1.00 bits per heavy atom. The molecule has 0 saturated carbocycles. The number of anilines is 3. The third-order valence-corrected chi connectivity index (χ3v) is 7.67. The number of thiazole rings is 1. The molecule has 2 aromatic heterocycles. The molecular formula is C26H30N6S2. The number of benzene rings is 2. The average molecular weight is 491 g/mol. The Bertz CT molecular complexity index is 1310. The summed E-state index contributed by atoms with van der Waals surface area (Å²) in [6, 6.07) is 16.9. The van der Waals surface area contributed by atoms with Crippen LogP contribution in [0.15, 0.2) is 58.8 Å². The number of rotatable bonds is 7. The average Bonchev–Trinajstić information content (AvgIpc) is 3.32. The van der Waals surface area contributed by atoms with E-state index in [1.165, 1.54) is 5.56 Å². The Balaban J connectivity index is 1.71. The molecule has 34 heavy (non-hydrogen) atoms. The van der Waals surface area contributed by atoms with Crippen LogP contribution in [0.3, 0.4) is 0 Å². The lowest BCUT2D eigenvalue weighted by molar-refractivity contribution is 0.878. The molecule has 4 aromatic rings. The van der Waals surface area contributed by atoms with Gasteiger partial charge in [-0.3, -0.25) is 5.14 Å². The summed E-state index contributed by atoms with van der Waals surface area (Å²) in [5.74, 6) is 1.01. The third kappa shape index (κ3) is 5.19. The molecule has 2 heterocycles. The van der Waals surface area contributed by atoms with Gasteiger partial charge in [0.1, 0.15) is 11.5 Å². The summed E-state index contributed by atoms with van der Waals surface area (Å²) in [4.78, 5) is 17.2. The van der Waals surface area contributed by atoms with Crippen molar-refractivity contribution in [2.45, 2.75) is 39.0 Å². The van der Waals surface area contributed by atoms with E-state index in [0.29, 0.717) is 11.6 Å². The Labute approximate surface area is 207 Å². The molecule has 0 amide bonds. The molecule has 1 unspecified atom stereocenters. The van der Waals surface area contributed by atoms with Crippen molar-refractivity contribution in [1.82, 2.24) is 15.0 Å². The van der Waals surface area contributed by atoms with Gasteiger partial charge in [0.2, 0.25) is 0 Å². The molecule has 6 nitrogen and oxygen atoms in total. The second-order valence-electron chi connectivity index (χ2n) is 8.06. The molecular weight excluding hydrogens is 460 g/mol. The van der Waals surface area contributed by atoms with Crippen molar-refractivity contribution < 1.29 is 0 Å². The smallest absolute Gasteiger partial charge is 0.190 e. The normalized spacial score (nSPS) is 12.1. The molecule has 0 spiro atoms. The van der Waals surface area contributed by atoms with Crippen LogP contribution in [0.1, 0.15) is 31.5 Å². The standard InChI is InChI=1S/C26H30N6S2/c1-5-13-32(26-30-22(16-33-26)25-29-18(4)14-24(27)31-25)23-15-20(8-7-17(23)3)19-9-11-21(12-10-19)34(28)6-2/h6-12,14-16H,5,13,28H2,1-4H3,(H2,27,29,31). The molecule has 2 aromatic carbocycles. The summed E-state index contributed by atoms with van der Waals surface area (Å²) in [7, 11) is -0.323. The maximum Gasteiger partial charge on any atom is 0.190 e. The summed E-state index contributed by atoms with van der Waals surface area (Å²) in [5.41, 5.74) is 12.2. The first-order valence-electron chi connectivity index (χ1n) is 11.2. The maximum atomic E-state index is 6.17. The van der Waals surface area contributed by atoms with Gasteiger partial charge in [0.05, 0.1) is 0 Å². The minimum absolute atomic E-state index is 0.323. The lowest BCUT2D eigenvalue weighted by atomic mass is 10.0. The van der Waals surface area contributed by atoms with Gasteiger partial charge in [-0.15, -0.1) is 11.3 Å². The Morgan fingerprint density at radius 2 is 1.74 bits per heavy atom. The molecule has 1 atom stereocenters. The van der Waals surface area contributed by atoms with E-state index in [1.807, 2.05) is 24.6 Å². The summed E-state index contributed by atoms with van der Waals surface area (Å²) in [6.45, 7) is 9.08. The van der Waals surface area contributed by atoms with Gasteiger partial charge < -0.3 is 10.6 Å². The van der Waals surface area contributed by atoms with Crippen LogP contribution in [0, 0.1) is 13.8 Å². The van der Waals surface area contributed by atoms with Crippen LogP contribution in [-0.2, 0) is 0 Å². The van der Waals surface area contributed by atoms with Crippen LogP contribution in [-0.4, -0.2) is 26.9 Å². The van der Waals surface area contributed by atoms with Crippen molar-refractivity contribution in [2.24, 2.45) is 5.14 Å². The lowest BCUT2D eigenvalue weighted by Gasteiger charge is -2.24. The molecule has 4 N–H and O–H groups in total. The topological polar surface area (TPSA) is 94.0 Å². The predicted octanol–water partition coefficient (Wildman–Crippen LogP) is 6.34. The third-order valence-electron chi connectivity index (χ3n) is 5.49. The molecule has 0 aliphatic carbocycles. The quantitative estimate of drug-likeness (QED) is 0.294. The van der Waals surface area contributed by atoms with Gasteiger partial charge in [0.15, 0.2) is 11.0 Å². The van der Waals surface area contributed by atoms with E-state index in [2.05, 4.69) is 71.2 Å². The van der Waals surface area contributed by atoms with E-state index < -0.39 is 0 Å². The predicted molar refractivity (Wildman–Crippen MR) is 148 cm³/mol. The van der Waals surface area contributed by atoms with Crippen LogP contribution >= 0.6 is 22.0 Å². The summed E-state index contributed by atoms with van der Waals surface area (Å²) in [6.07, 6.45) is 0.994. The van der Waals surface area contributed by atoms with Gasteiger partial charge in [-0.2, -0.15) is 0 Å². The summed E-state index contributed by atoms with van der Waals surface area (Å²) in [5, 5.41) is 11.1. The highest BCUT2D eigenvalue weighted by atomic mass is 32.2. The SMILES string of the molecule is C/C=S(/N)c1ccc(-c2ccc(C)c(N(CCC)c3nc(-c4nc(C)cc(N)n4)cs3)c2)cc1. The monoisotopic (exact) mass is 490 g/mol. The highest BCUT2D eigenvalue weighted by Crippen LogP contribution is 2.36. The zero-order chi connectivity index (χ0) is 24.2. The summed E-state index contributed by atoms with van der Waals surface area (Å²) < 4.78 is 0. The van der Waals surface area contributed by atoms with Crippen LogP contribution in [0.5, 0.6) is 0 Å². The first-order valence-corrected chi connectivity index (χ1v) is 13.4. The van der Waals surface area contributed by atoms with E-state index in [-0.39, 0.29) is 10.7 Å². The summed E-state index contributed by atoms with van der Waals surface area (Å²) >= 11 is 1.59. The van der Waals surface area contributed by atoms with Crippen molar-refractivity contribution in [3.8, 4) is 22.6 Å². The Morgan fingerprint density at radius 3 is 2.41 bits per heavy atom. The van der Waals surface area contributed by atoms with Crippen LogP contribution < -0.4 is 15.8 Å². The van der Waals surface area contributed by atoms with E-state index in [1.54, 1.807) is 17.4 Å². The van der Waals surface area contributed by atoms with Gasteiger partial charge in [0, 0.05) is 34.3 Å². The van der Waals surface area contributed by atoms with E-state index in [4.69, 9.17) is 15.9 Å². The molecule has 0 radical (unpaired) electrons. The van der Waals surface area contributed by atoms with Crippen LogP contribution in [0.25, 0.3) is 22.6 Å². The molecule has 0 fully saturated rings. The number of hydrogen-bond donors (Lipinski definition) is 2. The molecule has 0 bridgehead atoms. The molecule has 8 heteroatoms. The van der Waals surface area contributed by atoms with Crippen molar-refractivity contribution in [3.63, 3.8) is 0 Å². The number of nitrogen functional groups attached to an aromatic ring is 1. The Kier molecular flexibility index (Phi) is 7.41. The first-order chi connectivity index (χ1) is 16.4. The highest BCUT2D eigenvalue weighted by Gasteiger charge is 2.18. The van der Waals surface area contributed by atoms with Crippen molar-refractivity contribution in [2.75, 3.05) is 17.2 Å². The van der Waals surface area contributed by atoms with Crippen LogP contribution in [0.4, 0.5) is 16.6 Å². The van der Waals surface area contributed by atoms with Crippen molar-refractivity contribution in [1.29, 1.82) is 0 Å². The van der Waals surface area contributed by atoms with E-state index in [9.17, 15) is 0 Å². The largest absolute Gasteiger partial charge is 0.384 e. The maximum absolute atomic E-state index is 6.17. The minimum atomic E-state index is -0.323. The number of nitrogens with zero attached hydrogens (tertiary/aromatic N) is 4. The van der Waals surface area contributed by atoms with Gasteiger partial charge in [-0.1, -0.05) is 41.9 Å². The lowest BCUT2D eigenvalue weighted by Crippen LogP contribution is -2.18. The molecule has 0 aliphatic heterocycles. The fourth-order valence-corrected chi connectivity index (χ4v) is 5.33. The number of aryl methyl sites for hydroxylation is 2. The van der Waals surface area contributed by atoms with Gasteiger partial charge in [0.25, 0.3) is 0 Å². The number of aromatic nitrogens is 3. The molecule has 176 valence electrons. The first kappa shape index (κ1) is 24.1. The van der Waals surface area contributed by atoms with E-state index in [0.717, 1.165) is 51.2 Å². The van der Waals surface area contributed by atoms with Crippen LogP contribution in [0.2, 0.25) is 0 Å². The second kappa shape index (κ2) is 10.5. The van der Waals surface area contributed by atoms with Gasteiger partial charge in [-0.25, -0.2) is 15.0 Å². The number of nitrogens with two attached hydrogens (primary N) is 2.